The summed E-state index contributed by atoms with van der Waals surface area (Å²) in [6, 6.07) is 9.63. The number of amides is 2. The number of β-amino-alcohol motifs (C(OH)–C–C–N with tert-alkyl or cyclic N) is 1. The van der Waals surface area contributed by atoms with Gasteiger partial charge < -0.3 is 5.11 Å². The molecule has 1 N–H and O–H groups in total. The first-order chi connectivity index (χ1) is 10.5. The van der Waals surface area contributed by atoms with E-state index in [1.807, 2.05) is 0 Å². The number of nitrogens with zero attached hydrogens (tertiary/aromatic N) is 1. The number of hydrogen-bond donors (Lipinski definition) is 1. The van der Waals surface area contributed by atoms with Crippen LogP contribution in [0.2, 0.25) is 0 Å². The Morgan fingerprint density at radius 2 is 1.55 bits per heavy atom. The highest BCUT2D eigenvalue weighted by molar-refractivity contribution is 6.21. The smallest absolute Gasteiger partial charge is 0.261 e. The lowest BCUT2D eigenvalue weighted by atomic mass is 10.1. The van der Waals surface area contributed by atoms with Gasteiger partial charge in [0, 0.05) is 5.56 Å². The van der Waals surface area contributed by atoms with Gasteiger partial charge in [0.05, 0.1) is 17.7 Å². The highest BCUT2D eigenvalue weighted by Gasteiger charge is 2.36. The van der Waals surface area contributed by atoms with E-state index in [4.69, 9.17) is 0 Å². The molecule has 2 aromatic carbocycles. The van der Waals surface area contributed by atoms with E-state index in [2.05, 4.69) is 0 Å². The summed E-state index contributed by atoms with van der Waals surface area (Å²) in [7, 11) is 0. The van der Waals surface area contributed by atoms with Crippen LogP contribution in [0.4, 0.5) is 8.78 Å². The van der Waals surface area contributed by atoms with Crippen molar-refractivity contribution in [3.63, 3.8) is 0 Å². The van der Waals surface area contributed by atoms with Crippen LogP contribution in [0.3, 0.4) is 0 Å². The summed E-state index contributed by atoms with van der Waals surface area (Å²) in [6.45, 7) is -0.438. The van der Waals surface area contributed by atoms with Gasteiger partial charge in [0.1, 0.15) is 6.10 Å². The predicted octanol–water partition coefficient (Wildman–Crippen LogP) is 2.29. The van der Waals surface area contributed by atoms with Gasteiger partial charge in [-0.2, -0.15) is 0 Å². The van der Waals surface area contributed by atoms with Gasteiger partial charge >= 0.3 is 0 Å². The van der Waals surface area contributed by atoms with Crippen molar-refractivity contribution in [2.45, 2.75) is 6.10 Å². The zero-order chi connectivity index (χ0) is 15.9. The molecule has 1 heterocycles. The van der Waals surface area contributed by atoms with Crippen LogP contribution in [0.25, 0.3) is 0 Å². The van der Waals surface area contributed by atoms with Crippen molar-refractivity contribution >= 4 is 11.8 Å². The Balaban J connectivity index is 1.87. The average Bonchev–Trinajstić information content (AvgIpc) is 2.75. The molecule has 0 fully saturated rings. The van der Waals surface area contributed by atoms with E-state index in [-0.39, 0.29) is 16.7 Å². The van der Waals surface area contributed by atoms with Crippen LogP contribution < -0.4 is 0 Å². The van der Waals surface area contributed by atoms with Gasteiger partial charge in [-0.1, -0.05) is 24.3 Å². The SMILES string of the molecule is O=C1c2ccccc2C(=O)N1CC(O)c1cccc(F)c1F. The first-order valence-corrected chi connectivity index (χ1v) is 6.58. The molecule has 3 rings (SSSR count). The highest BCUT2D eigenvalue weighted by atomic mass is 19.2. The molecule has 0 radical (unpaired) electrons. The predicted molar refractivity (Wildman–Crippen MR) is 73.1 cm³/mol. The van der Waals surface area contributed by atoms with E-state index in [1.165, 1.54) is 24.3 Å². The maximum Gasteiger partial charge on any atom is 0.261 e. The minimum absolute atomic E-state index is 0.236. The molecule has 1 aliphatic rings. The summed E-state index contributed by atoms with van der Waals surface area (Å²) in [5.74, 6) is -3.40. The van der Waals surface area contributed by atoms with E-state index >= 15 is 0 Å². The minimum atomic E-state index is -1.50. The lowest BCUT2D eigenvalue weighted by Gasteiger charge is -2.19. The molecular formula is C16H11F2NO3. The molecule has 0 saturated heterocycles. The third-order valence-electron chi connectivity index (χ3n) is 3.57. The van der Waals surface area contributed by atoms with Crippen molar-refractivity contribution in [1.29, 1.82) is 0 Å². The summed E-state index contributed by atoms with van der Waals surface area (Å²) >= 11 is 0. The molecule has 6 heteroatoms. The molecule has 112 valence electrons. The van der Waals surface area contributed by atoms with Gasteiger partial charge in [-0.05, 0) is 18.2 Å². The Hall–Kier alpha value is -2.60. The van der Waals surface area contributed by atoms with Crippen molar-refractivity contribution in [2.24, 2.45) is 0 Å². The molecule has 0 aliphatic carbocycles. The molecule has 0 spiro atoms. The molecule has 22 heavy (non-hydrogen) atoms. The number of rotatable bonds is 3. The second kappa shape index (κ2) is 5.31. The average molecular weight is 303 g/mol. The van der Waals surface area contributed by atoms with E-state index in [1.54, 1.807) is 12.1 Å². The highest BCUT2D eigenvalue weighted by Crippen LogP contribution is 2.26. The Bertz CT molecular complexity index is 741. The molecule has 0 bridgehead atoms. The van der Waals surface area contributed by atoms with Crippen LogP contribution in [0.5, 0.6) is 0 Å². The number of aliphatic hydroxyl groups excluding tert-OH is 1. The zero-order valence-corrected chi connectivity index (χ0v) is 11.3. The summed E-state index contributed by atoms with van der Waals surface area (Å²) in [5.41, 5.74) is 0.176. The quantitative estimate of drug-likeness (QED) is 0.885. The number of carbonyl (C=O) groups excluding carboxylic acids is 2. The van der Waals surface area contributed by atoms with Gasteiger partial charge in [0.2, 0.25) is 0 Å². The number of halogens is 2. The van der Waals surface area contributed by atoms with Crippen molar-refractivity contribution in [3.8, 4) is 0 Å². The molecule has 1 aliphatic heterocycles. The molecule has 4 nitrogen and oxygen atoms in total. The van der Waals surface area contributed by atoms with Gasteiger partial charge in [0.15, 0.2) is 11.6 Å². The minimum Gasteiger partial charge on any atom is -0.386 e. The number of aliphatic hydroxyl groups is 1. The van der Waals surface area contributed by atoms with Crippen LogP contribution >= 0.6 is 0 Å². The fourth-order valence-electron chi connectivity index (χ4n) is 2.45. The first kappa shape index (κ1) is 14.3. The molecule has 2 aromatic rings. The van der Waals surface area contributed by atoms with Gasteiger partial charge in [-0.3, -0.25) is 14.5 Å². The molecule has 1 unspecified atom stereocenters. The van der Waals surface area contributed by atoms with Crippen LogP contribution in [0.1, 0.15) is 32.4 Å². The maximum absolute atomic E-state index is 13.7. The van der Waals surface area contributed by atoms with E-state index in [9.17, 15) is 23.5 Å². The Morgan fingerprint density at radius 1 is 0.955 bits per heavy atom. The normalized spacial score (nSPS) is 15.1. The van der Waals surface area contributed by atoms with Gasteiger partial charge in [-0.25, -0.2) is 8.78 Å². The third-order valence-corrected chi connectivity index (χ3v) is 3.57. The van der Waals surface area contributed by atoms with Crippen LogP contribution in [-0.4, -0.2) is 28.4 Å². The molecule has 0 saturated carbocycles. The monoisotopic (exact) mass is 303 g/mol. The lowest BCUT2D eigenvalue weighted by molar-refractivity contribution is 0.0538. The van der Waals surface area contributed by atoms with E-state index in [0.29, 0.717) is 0 Å². The topological polar surface area (TPSA) is 57.6 Å². The van der Waals surface area contributed by atoms with Crippen molar-refractivity contribution in [3.05, 3.63) is 70.8 Å². The zero-order valence-electron chi connectivity index (χ0n) is 11.3. The number of hydrogen-bond acceptors (Lipinski definition) is 3. The Kier molecular flexibility index (Phi) is 3.46. The molecule has 0 aromatic heterocycles. The van der Waals surface area contributed by atoms with Gasteiger partial charge in [0.25, 0.3) is 11.8 Å². The lowest BCUT2D eigenvalue weighted by Crippen LogP contribution is -2.34. The number of fused-ring (bicyclic) bond motifs is 1. The largest absolute Gasteiger partial charge is 0.386 e. The van der Waals surface area contributed by atoms with Crippen molar-refractivity contribution < 1.29 is 23.5 Å². The number of carbonyl (C=O) groups is 2. The fourth-order valence-corrected chi connectivity index (χ4v) is 2.45. The molecule has 2 amide bonds. The van der Waals surface area contributed by atoms with E-state index < -0.39 is 36.1 Å². The summed E-state index contributed by atoms with van der Waals surface area (Å²) in [4.78, 5) is 25.1. The third kappa shape index (κ3) is 2.17. The number of imide groups is 1. The Morgan fingerprint density at radius 3 is 2.14 bits per heavy atom. The first-order valence-electron chi connectivity index (χ1n) is 6.58. The van der Waals surface area contributed by atoms with Crippen molar-refractivity contribution in [1.82, 2.24) is 4.90 Å². The van der Waals surface area contributed by atoms with Crippen LogP contribution in [-0.2, 0) is 0 Å². The van der Waals surface area contributed by atoms with Gasteiger partial charge in [-0.15, -0.1) is 0 Å². The second-order valence-corrected chi connectivity index (χ2v) is 4.93. The number of benzene rings is 2. The summed E-state index contributed by atoms with van der Waals surface area (Å²) < 4.78 is 26.8. The fraction of sp³-hybridized carbons (Fsp3) is 0.125. The van der Waals surface area contributed by atoms with Crippen molar-refractivity contribution in [2.75, 3.05) is 6.54 Å². The van der Waals surface area contributed by atoms with Crippen LogP contribution in [0, 0.1) is 11.6 Å². The maximum atomic E-state index is 13.7. The summed E-state index contributed by atoms with van der Waals surface area (Å²) in [6.07, 6.45) is -1.50. The summed E-state index contributed by atoms with van der Waals surface area (Å²) in [5, 5.41) is 10.0. The van der Waals surface area contributed by atoms with E-state index in [0.717, 1.165) is 11.0 Å². The molecule has 1 atom stereocenters. The van der Waals surface area contributed by atoms with Crippen LogP contribution in [0.15, 0.2) is 42.5 Å². The standard InChI is InChI=1S/C16H11F2NO3/c17-12-7-3-6-11(14(12)18)13(20)8-19-15(21)9-4-1-2-5-10(9)16(19)22/h1-7,13,20H,8H2. The second-order valence-electron chi connectivity index (χ2n) is 4.93. The molecular weight excluding hydrogens is 292 g/mol. The Labute approximate surface area is 124 Å².